The average Bonchev–Trinajstić information content (AvgIpc) is 3.43. The number of benzene rings is 1. The number of anilines is 2. The zero-order chi connectivity index (χ0) is 32.9. The van der Waals surface area contributed by atoms with Crippen molar-refractivity contribution in [3.63, 3.8) is 0 Å². The number of aromatic nitrogens is 3. The summed E-state index contributed by atoms with van der Waals surface area (Å²) in [7, 11) is 0. The Morgan fingerprint density at radius 3 is 2.39 bits per heavy atom. The number of unbranched alkanes of at least 4 members (excludes halogenated alkanes) is 1. The van der Waals surface area contributed by atoms with Crippen molar-refractivity contribution in [2.75, 3.05) is 10.6 Å². The molecule has 3 aromatic rings. The fourth-order valence-corrected chi connectivity index (χ4v) is 3.87. The molecule has 2 aromatic heterocycles. The van der Waals surface area contributed by atoms with Crippen LogP contribution >= 0.6 is 0 Å². The van der Waals surface area contributed by atoms with E-state index < -0.39 is 5.41 Å². The molecule has 0 saturated heterocycles. The number of pyridine rings is 1. The Hall–Kier alpha value is -4.51. The van der Waals surface area contributed by atoms with Crippen LogP contribution in [-0.4, -0.2) is 26.5 Å². The molecule has 0 radical (unpaired) electrons. The molecule has 0 fully saturated rings. The quantitative estimate of drug-likeness (QED) is 0.139. The van der Waals surface area contributed by atoms with Gasteiger partial charge in [0.2, 0.25) is 0 Å². The topological polar surface area (TPSA) is 84.2 Å². The molecule has 0 saturated carbocycles. The van der Waals surface area contributed by atoms with Crippen LogP contribution in [0.15, 0.2) is 72.5 Å². The lowest BCUT2D eigenvalue weighted by Crippen LogP contribution is -2.26. The highest BCUT2D eigenvalue weighted by atomic mass is 19.1. The van der Waals surface area contributed by atoms with Gasteiger partial charge in [-0.25, -0.2) is 14.1 Å². The van der Waals surface area contributed by atoms with Crippen LogP contribution in [0, 0.1) is 18.2 Å². The summed E-state index contributed by atoms with van der Waals surface area (Å²) in [5.74, 6) is 3.37. The predicted molar refractivity (Wildman–Crippen MR) is 182 cm³/mol. The largest absolute Gasteiger partial charge is 0.325 e. The van der Waals surface area contributed by atoms with Crippen LogP contribution in [0.2, 0.25) is 0 Å². The van der Waals surface area contributed by atoms with E-state index in [0.29, 0.717) is 41.2 Å². The van der Waals surface area contributed by atoms with Crippen LogP contribution in [0.5, 0.6) is 0 Å². The molecule has 234 valence electrons. The van der Waals surface area contributed by atoms with E-state index in [-0.39, 0.29) is 17.3 Å². The number of nitrogens with one attached hydrogen (secondary N) is 2. The Morgan fingerprint density at radius 1 is 1.09 bits per heavy atom. The van der Waals surface area contributed by atoms with Gasteiger partial charge in [-0.2, -0.15) is 5.10 Å². The highest BCUT2D eigenvalue weighted by Gasteiger charge is 2.22. The smallest absolute Gasteiger partial charge is 0.255 e. The number of amidine groups is 1. The number of hydrogen-bond donors (Lipinski definition) is 2. The molecular weight excluding hydrogens is 551 g/mol. The summed E-state index contributed by atoms with van der Waals surface area (Å²) >= 11 is 0. The van der Waals surface area contributed by atoms with Gasteiger partial charge in [0, 0.05) is 29.7 Å². The van der Waals surface area contributed by atoms with Gasteiger partial charge >= 0.3 is 0 Å². The molecule has 0 aliphatic rings. The minimum atomic E-state index is -0.610. The molecule has 0 spiro atoms. The molecule has 1 amide bonds. The van der Waals surface area contributed by atoms with E-state index in [9.17, 15) is 9.18 Å². The Bertz CT molecular complexity index is 1520. The van der Waals surface area contributed by atoms with Gasteiger partial charge in [0.1, 0.15) is 17.5 Å². The second-order valence-corrected chi connectivity index (χ2v) is 11.9. The Kier molecular flexibility index (Phi) is 13.3. The first-order valence-electron chi connectivity index (χ1n) is 15.0. The molecule has 2 N–H and O–H groups in total. The highest BCUT2D eigenvalue weighted by Crippen LogP contribution is 2.24. The molecule has 0 aliphatic heterocycles. The molecule has 3 rings (SSSR count). The van der Waals surface area contributed by atoms with Crippen molar-refractivity contribution in [2.24, 2.45) is 4.99 Å². The zero-order valence-electron chi connectivity index (χ0n) is 27.5. The number of terminal acetylenes is 1. The lowest BCUT2D eigenvalue weighted by molar-refractivity contribution is 0.102. The summed E-state index contributed by atoms with van der Waals surface area (Å²) in [4.78, 5) is 21.6. The number of nitrogens with zero attached hydrogens (tertiary/aromatic N) is 4. The van der Waals surface area contributed by atoms with Gasteiger partial charge in [0.25, 0.3) is 5.91 Å². The van der Waals surface area contributed by atoms with Gasteiger partial charge in [0.05, 0.1) is 22.3 Å². The molecule has 2 heterocycles. The zero-order valence-corrected chi connectivity index (χ0v) is 27.5. The third kappa shape index (κ3) is 10.3. The summed E-state index contributed by atoms with van der Waals surface area (Å²) in [6.07, 6.45) is 15.9. The Balaban J connectivity index is 0.00000159. The van der Waals surface area contributed by atoms with Crippen molar-refractivity contribution >= 4 is 23.2 Å². The lowest BCUT2D eigenvalue weighted by Gasteiger charge is -2.22. The molecule has 44 heavy (non-hydrogen) atoms. The Labute approximate surface area is 262 Å². The molecule has 0 bridgehead atoms. The highest BCUT2D eigenvalue weighted by molar-refractivity contribution is 6.04. The van der Waals surface area contributed by atoms with Crippen LogP contribution in [0.1, 0.15) is 95.5 Å². The second-order valence-electron chi connectivity index (χ2n) is 11.9. The van der Waals surface area contributed by atoms with Crippen molar-refractivity contribution in [1.82, 2.24) is 14.8 Å². The van der Waals surface area contributed by atoms with Crippen molar-refractivity contribution < 1.29 is 9.18 Å². The van der Waals surface area contributed by atoms with E-state index in [1.165, 1.54) is 18.9 Å². The first kappa shape index (κ1) is 35.7. The van der Waals surface area contributed by atoms with Gasteiger partial charge in [0.15, 0.2) is 0 Å². The van der Waals surface area contributed by atoms with Crippen LogP contribution in [0.25, 0.3) is 0 Å². The van der Waals surface area contributed by atoms with E-state index in [1.54, 1.807) is 42.7 Å². The van der Waals surface area contributed by atoms with Gasteiger partial charge < -0.3 is 10.6 Å². The third-order valence-corrected chi connectivity index (χ3v) is 6.68. The number of amides is 1. The summed E-state index contributed by atoms with van der Waals surface area (Å²) in [5.41, 5.74) is 1.90. The molecule has 0 aliphatic carbocycles. The van der Waals surface area contributed by atoms with Gasteiger partial charge in [-0.15, -0.1) is 6.42 Å². The predicted octanol–water partition coefficient (Wildman–Crippen LogP) is 8.46. The standard InChI is InChI=1S/C32H37FN6O.C4H10/c1-9-17-35-28(10-2)37-29-21-25(38-39(29)31(4,5)6)13-12-22-19-24(14-15-26(22)33)36-30(40)23-16-18-34-27(20-23)32(7,8)11-3;1-3-4-2/h3,9-10,14-21H,2,12-13H2,1,4-8H3,(H,35,37)(H,36,40);3-4H2,1-2H3/b17-9-;. The normalized spacial score (nSPS) is 11.9. The van der Waals surface area contributed by atoms with Crippen molar-refractivity contribution in [3.05, 3.63) is 95.9 Å². The third-order valence-electron chi connectivity index (χ3n) is 6.68. The van der Waals surface area contributed by atoms with E-state index in [0.717, 1.165) is 11.5 Å². The molecule has 1 aromatic carbocycles. The van der Waals surface area contributed by atoms with Crippen LogP contribution in [0.4, 0.5) is 15.9 Å². The van der Waals surface area contributed by atoms with Crippen LogP contribution in [0.3, 0.4) is 0 Å². The fraction of sp³-hybridized carbons (Fsp3) is 0.389. The number of allylic oxidation sites excluding steroid dienone is 1. The number of aliphatic imine (C=N–C) groups is 1. The number of carbonyl (C=O) groups excluding carboxylic acids is 1. The van der Waals surface area contributed by atoms with E-state index >= 15 is 0 Å². The molecule has 0 atom stereocenters. The Morgan fingerprint density at radius 2 is 1.80 bits per heavy atom. The van der Waals surface area contributed by atoms with Gasteiger partial charge in [-0.3, -0.25) is 9.78 Å². The minimum absolute atomic E-state index is 0.300. The average molecular weight is 599 g/mol. The van der Waals surface area contributed by atoms with Crippen molar-refractivity contribution in [1.29, 1.82) is 0 Å². The maximum atomic E-state index is 14.8. The van der Waals surface area contributed by atoms with Gasteiger partial charge in [-0.1, -0.05) is 45.3 Å². The monoisotopic (exact) mass is 598 g/mol. The summed E-state index contributed by atoms with van der Waals surface area (Å²) < 4.78 is 16.6. The maximum absolute atomic E-state index is 14.8. The first-order chi connectivity index (χ1) is 20.8. The summed E-state index contributed by atoms with van der Waals surface area (Å²) in [6, 6.07) is 9.79. The molecule has 7 nitrogen and oxygen atoms in total. The number of hydrogen-bond acceptors (Lipinski definition) is 4. The van der Waals surface area contributed by atoms with Gasteiger partial charge in [-0.05, 0) is 96.4 Å². The number of halogens is 1. The van der Waals surface area contributed by atoms with Crippen molar-refractivity contribution in [3.8, 4) is 12.3 Å². The lowest BCUT2D eigenvalue weighted by atomic mass is 9.89. The van der Waals surface area contributed by atoms with Crippen LogP contribution in [-0.2, 0) is 23.8 Å². The second kappa shape index (κ2) is 16.4. The van der Waals surface area contributed by atoms with E-state index in [1.807, 2.05) is 37.6 Å². The van der Waals surface area contributed by atoms with E-state index in [2.05, 4.69) is 67.7 Å². The molecule has 0 unspecified atom stereocenters. The number of aryl methyl sites for hydroxylation is 2. The minimum Gasteiger partial charge on any atom is -0.325 e. The van der Waals surface area contributed by atoms with E-state index in [4.69, 9.17) is 11.5 Å². The fourth-order valence-electron chi connectivity index (χ4n) is 3.87. The molecular formula is C36H47FN6O. The van der Waals surface area contributed by atoms with Crippen LogP contribution < -0.4 is 10.6 Å². The van der Waals surface area contributed by atoms with Crippen molar-refractivity contribution in [2.45, 2.75) is 92.0 Å². The number of rotatable bonds is 10. The molecule has 8 heteroatoms. The summed E-state index contributed by atoms with van der Waals surface area (Å²) in [5, 5.41) is 10.9. The summed E-state index contributed by atoms with van der Waals surface area (Å²) in [6.45, 7) is 20.0. The first-order valence-corrected chi connectivity index (χ1v) is 15.0. The maximum Gasteiger partial charge on any atom is 0.255 e. The number of carbonyl (C=O) groups is 1. The SMILES string of the molecule is C#CC(C)(C)c1cc(C(=O)Nc2ccc(F)c(CCc3cc(NC(C=C)=N/C=C\C)n(C(C)(C)C)n3)c2)ccn1.CCCC.